The second-order valence-corrected chi connectivity index (χ2v) is 9.00. The Morgan fingerprint density at radius 3 is 2.84 bits per heavy atom. The molecule has 1 N–H and O–H groups in total. The first-order valence-corrected chi connectivity index (χ1v) is 10.9. The molecule has 3 heterocycles. The molecule has 2 aromatic heterocycles. The van der Waals surface area contributed by atoms with Crippen molar-refractivity contribution in [3.63, 3.8) is 0 Å². The summed E-state index contributed by atoms with van der Waals surface area (Å²) in [6.45, 7) is 7.24. The number of carbonyl (C=O) groups is 1. The number of aryl methyl sites for hydroxylation is 2. The Balaban J connectivity index is 1.42. The van der Waals surface area contributed by atoms with Gasteiger partial charge in [-0.05, 0) is 44.7 Å². The van der Waals surface area contributed by atoms with E-state index in [2.05, 4.69) is 22.5 Å². The van der Waals surface area contributed by atoms with Crippen molar-refractivity contribution >= 4 is 28.6 Å². The van der Waals surface area contributed by atoms with Gasteiger partial charge in [-0.25, -0.2) is 4.98 Å². The molecule has 1 amide bonds. The number of piperidine rings is 1. The fourth-order valence-electron chi connectivity index (χ4n) is 3.14. The second-order valence-electron chi connectivity index (χ2n) is 6.77. The highest BCUT2D eigenvalue weighted by atomic mass is 32.1. The van der Waals surface area contributed by atoms with E-state index >= 15 is 0 Å². The van der Waals surface area contributed by atoms with Gasteiger partial charge < -0.3 is 5.32 Å². The number of amides is 1. The first kappa shape index (κ1) is 18.5. The third-order valence-corrected chi connectivity index (χ3v) is 6.57. The predicted octanol–water partition coefficient (Wildman–Crippen LogP) is 4.25. The summed E-state index contributed by atoms with van der Waals surface area (Å²) < 4.78 is 0. The lowest BCUT2D eigenvalue weighted by Gasteiger charge is -2.31. The number of hydrogen-bond donors (Lipinski definition) is 1. The van der Waals surface area contributed by atoms with Gasteiger partial charge >= 0.3 is 0 Å². The Morgan fingerprint density at radius 1 is 1.36 bits per heavy atom. The lowest BCUT2D eigenvalue weighted by atomic mass is 10.0. The van der Waals surface area contributed by atoms with Crippen LogP contribution in [0.1, 0.15) is 57.9 Å². The molecule has 0 atom stereocenters. The number of rotatable bonds is 7. The molecule has 0 saturated carbocycles. The molecule has 1 aliphatic rings. The van der Waals surface area contributed by atoms with E-state index < -0.39 is 0 Å². The van der Waals surface area contributed by atoms with Crippen molar-refractivity contribution in [2.75, 3.05) is 13.1 Å². The molecule has 25 heavy (non-hydrogen) atoms. The molecule has 4 nitrogen and oxygen atoms in total. The standard InChI is InChI=1S/C19H27N3OS2/c1-3-4-5-18-20-16(13-24-18)12-22-10-8-15(9-11-22)21-19(23)17-7-6-14(2)25-17/h6-7,13,15H,3-5,8-12H2,1-2H3,(H,21,23). The smallest absolute Gasteiger partial charge is 0.261 e. The number of likely N-dealkylation sites (tertiary alicyclic amines) is 1. The van der Waals surface area contributed by atoms with Crippen LogP contribution in [0.15, 0.2) is 17.5 Å². The summed E-state index contributed by atoms with van der Waals surface area (Å²) in [6.07, 6.45) is 5.59. The molecular formula is C19H27N3OS2. The van der Waals surface area contributed by atoms with Gasteiger partial charge in [0.25, 0.3) is 5.91 Å². The second kappa shape index (κ2) is 8.92. The van der Waals surface area contributed by atoms with Crippen LogP contribution < -0.4 is 5.32 Å². The van der Waals surface area contributed by atoms with Crippen molar-refractivity contribution < 1.29 is 4.79 Å². The van der Waals surface area contributed by atoms with E-state index in [1.807, 2.05) is 19.1 Å². The fourth-order valence-corrected chi connectivity index (χ4v) is 4.74. The van der Waals surface area contributed by atoms with Crippen molar-refractivity contribution in [3.8, 4) is 0 Å². The maximum Gasteiger partial charge on any atom is 0.261 e. The van der Waals surface area contributed by atoms with Gasteiger partial charge in [-0.3, -0.25) is 9.69 Å². The average molecular weight is 378 g/mol. The van der Waals surface area contributed by atoms with Crippen molar-refractivity contribution in [1.82, 2.24) is 15.2 Å². The van der Waals surface area contributed by atoms with E-state index in [4.69, 9.17) is 4.98 Å². The molecule has 0 unspecified atom stereocenters. The Bertz CT molecular complexity index is 686. The summed E-state index contributed by atoms with van der Waals surface area (Å²) in [5, 5.41) is 6.67. The van der Waals surface area contributed by atoms with Crippen molar-refractivity contribution in [2.45, 2.75) is 58.5 Å². The zero-order valence-electron chi connectivity index (χ0n) is 15.1. The number of thiazole rings is 1. The number of nitrogens with zero attached hydrogens (tertiary/aromatic N) is 2. The van der Waals surface area contributed by atoms with Crippen LogP contribution in [0.3, 0.4) is 0 Å². The molecule has 136 valence electrons. The quantitative estimate of drug-likeness (QED) is 0.784. The number of carbonyl (C=O) groups excluding carboxylic acids is 1. The van der Waals surface area contributed by atoms with Crippen molar-refractivity contribution in [2.24, 2.45) is 0 Å². The molecule has 0 bridgehead atoms. The predicted molar refractivity (Wildman–Crippen MR) is 106 cm³/mol. The lowest BCUT2D eigenvalue weighted by Crippen LogP contribution is -2.44. The summed E-state index contributed by atoms with van der Waals surface area (Å²) in [7, 11) is 0. The van der Waals surface area contributed by atoms with Crippen LogP contribution in [0.2, 0.25) is 0 Å². The normalized spacial score (nSPS) is 16.2. The number of unbranched alkanes of at least 4 members (excludes halogenated alkanes) is 1. The highest BCUT2D eigenvalue weighted by molar-refractivity contribution is 7.13. The van der Waals surface area contributed by atoms with Gasteiger partial charge in [0, 0.05) is 35.9 Å². The number of hydrogen-bond acceptors (Lipinski definition) is 5. The summed E-state index contributed by atoms with van der Waals surface area (Å²) in [6, 6.07) is 4.22. The molecule has 0 aliphatic carbocycles. The van der Waals surface area contributed by atoms with Gasteiger partial charge in [0.1, 0.15) is 0 Å². The monoisotopic (exact) mass is 377 g/mol. The minimum Gasteiger partial charge on any atom is -0.349 e. The summed E-state index contributed by atoms with van der Waals surface area (Å²) in [5.41, 5.74) is 1.20. The van der Waals surface area contributed by atoms with Crippen LogP contribution >= 0.6 is 22.7 Å². The number of thiophene rings is 1. The molecule has 1 fully saturated rings. The lowest BCUT2D eigenvalue weighted by molar-refractivity contribution is 0.0912. The zero-order chi connectivity index (χ0) is 17.6. The van der Waals surface area contributed by atoms with Crippen LogP contribution in [-0.4, -0.2) is 34.9 Å². The Kier molecular flexibility index (Phi) is 6.62. The van der Waals surface area contributed by atoms with Gasteiger partial charge in [0.15, 0.2) is 0 Å². The average Bonchev–Trinajstić information content (AvgIpc) is 3.24. The largest absolute Gasteiger partial charge is 0.349 e. The van der Waals surface area contributed by atoms with Gasteiger partial charge in [0.2, 0.25) is 0 Å². The summed E-state index contributed by atoms with van der Waals surface area (Å²) in [4.78, 5) is 21.5. The van der Waals surface area contributed by atoms with E-state index in [0.717, 1.165) is 43.8 Å². The Morgan fingerprint density at radius 2 is 2.16 bits per heavy atom. The first-order valence-electron chi connectivity index (χ1n) is 9.17. The molecule has 6 heteroatoms. The molecule has 2 aromatic rings. The third-order valence-electron chi connectivity index (χ3n) is 4.62. The fraction of sp³-hybridized carbons (Fsp3) is 0.579. The molecule has 1 aliphatic heterocycles. The molecular weight excluding hydrogens is 350 g/mol. The van der Waals surface area contributed by atoms with E-state index in [0.29, 0.717) is 6.04 Å². The zero-order valence-corrected chi connectivity index (χ0v) is 16.7. The summed E-state index contributed by atoms with van der Waals surface area (Å²) >= 11 is 3.36. The van der Waals surface area contributed by atoms with Gasteiger partial charge in [0.05, 0.1) is 15.6 Å². The van der Waals surface area contributed by atoms with Crippen molar-refractivity contribution in [1.29, 1.82) is 0 Å². The minimum atomic E-state index is 0.0802. The van der Waals surface area contributed by atoms with Crippen LogP contribution in [-0.2, 0) is 13.0 Å². The topological polar surface area (TPSA) is 45.2 Å². The molecule has 3 rings (SSSR count). The highest BCUT2D eigenvalue weighted by Gasteiger charge is 2.22. The van der Waals surface area contributed by atoms with E-state index in [1.165, 1.54) is 28.4 Å². The molecule has 0 spiro atoms. The SMILES string of the molecule is CCCCc1nc(CN2CCC(NC(=O)c3ccc(C)s3)CC2)cs1. The van der Waals surface area contributed by atoms with E-state index in [-0.39, 0.29) is 5.91 Å². The number of nitrogens with one attached hydrogen (secondary N) is 1. The Labute approximate surface area is 158 Å². The van der Waals surface area contributed by atoms with E-state index in [1.54, 1.807) is 22.7 Å². The van der Waals surface area contributed by atoms with Crippen molar-refractivity contribution in [3.05, 3.63) is 38.0 Å². The molecule has 1 saturated heterocycles. The maximum absolute atomic E-state index is 12.3. The third kappa shape index (κ3) is 5.36. The molecule has 0 aromatic carbocycles. The maximum atomic E-state index is 12.3. The van der Waals surface area contributed by atoms with Crippen LogP contribution in [0.4, 0.5) is 0 Å². The van der Waals surface area contributed by atoms with Crippen LogP contribution in [0, 0.1) is 6.92 Å². The van der Waals surface area contributed by atoms with Gasteiger partial charge in [-0.1, -0.05) is 13.3 Å². The van der Waals surface area contributed by atoms with Gasteiger partial charge in [-0.2, -0.15) is 0 Å². The first-order chi connectivity index (χ1) is 12.1. The molecule has 0 radical (unpaired) electrons. The number of aromatic nitrogens is 1. The van der Waals surface area contributed by atoms with Crippen LogP contribution in [0.25, 0.3) is 0 Å². The Hall–Kier alpha value is -1.24. The highest BCUT2D eigenvalue weighted by Crippen LogP contribution is 2.19. The van der Waals surface area contributed by atoms with Crippen LogP contribution in [0.5, 0.6) is 0 Å². The summed E-state index contributed by atoms with van der Waals surface area (Å²) in [5.74, 6) is 0.0802. The van der Waals surface area contributed by atoms with E-state index in [9.17, 15) is 4.79 Å². The minimum absolute atomic E-state index is 0.0802. The van der Waals surface area contributed by atoms with Gasteiger partial charge in [-0.15, -0.1) is 22.7 Å².